The van der Waals surface area contributed by atoms with Gasteiger partial charge in [0.15, 0.2) is 17.4 Å². The van der Waals surface area contributed by atoms with E-state index in [-0.39, 0.29) is 172 Å². The maximum absolute atomic E-state index is 0. The number of hydrogen-bond acceptors (Lipinski definition) is 0. The molecule has 0 nitrogen and oxygen atoms in total. The minimum Gasteiger partial charge on any atom is -1.00 e. The fourth-order valence-electron chi connectivity index (χ4n) is 0. The van der Waals surface area contributed by atoms with Gasteiger partial charge in [-0.3, -0.25) is 0 Å². The summed E-state index contributed by atoms with van der Waals surface area (Å²) < 4.78 is 0. The Bertz CT molecular complexity index is 30.1. The van der Waals surface area contributed by atoms with E-state index in [2.05, 4.69) is 0 Å². The topological polar surface area (TPSA) is 0 Å². The van der Waals surface area contributed by atoms with Gasteiger partial charge in [0.1, 0.15) is 0 Å². The molecule has 0 aliphatic carbocycles. The molecule has 0 N–H and O–H groups in total. The first-order valence-electron chi connectivity index (χ1n) is 0. The second-order valence-electron chi connectivity index (χ2n) is 0. The van der Waals surface area contributed by atoms with Gasteiger partial charge in [-0.2, -0.15) is 0 Å². The van der Waals surface area contributed by atoms with Gasteiger partial charge in [0.25, 0.3) is 0 Å². The largest absolute Gasteiger partial charge is 2.00 e. The smallest absolute Gasteiger partial charge is 1.00 e. The van der Waals surface area contributed by atoms with Crippen molar-refractivity contribution in [1.82, 2.24) is 0 Å². The molecule has 0 aromatic rings. The molecule has 0 amide bonds. The van der Waals surface area contributed by atoms with Gasteiger partial charge >= 0.3 is 68.5 Å². The molecule has 0 unspecified atom stereocenters. The van der Waals surface area contributed by atoms with E-state index in [1.54, 1.807) is 0 Å². The molecule has 0 rings (SSSR count). The molecular formula is H11AlCuMgScSiSrZr. The van der Waals surface area contributed by atoms with Crippen molar-refractivity contribution in [1.29, 1.82) is 0 Å². The van der Waals surface area contributed by atoms with Crippen molar-refractivity contribution in [3.8, 4) is 0 Å². The van der Waals surface area contributed by atoms with Gasteiger partial charge in [-0.05, 0) is 11.0 Å². The van der Waals surface area contributed by atoms with Crippen LogP contribution in [0.3, 0.4) is 0 Å². The van der Waals surface area contributed by atoms with Crippen LogP contribution in [-0.4, -0.2) is 96.9 Å². The minimum atomic E-state index is 0. The fourth-order valence-corrected chi connectivity index (χ4v) is 0. The SMILES string of the molecule is [AlH3].[Cu].[H-].[H-].[H-].[H-].[Mg+2].[Sc].[SiH4].[Sr+2].[Zr]. The van der Waals surface area contributed by atoms with E-state index in [0.29, 0.717) is 0 Å². The Kier molecular flexibility index (Phi) is 343. The predicted octanol–water partition coefficient (Wildman–Crippen LogP) is -2.95. The summed E-state index contributed by atoms with van der Waals surface area (Å²) in [5.41, 5.74) is 0. The molecule has 0 saturated heterocycles. The molecule has 0 aromatic carbocycles. The van der Waals surface area contributed by atoms with Crippen LogP contribution in [0.2, 0.25) is 0 Å². The van der Waals surface area contributed by atoms with Gasteiger partial charge in [-0.15, -0.1) is 0 Å². The predicted molar refractivity (Wildman–Crippen MR) is 37.2 cm³/mol. The molecule has 0 aromatic heterocycles. The second-order valence-corrected chi connectivity index (χ2v) is 0. The van der Waals surface area contributed by atoms with E-state index < -0.39 is 0 Å². The Morgan fingerprint density at radius 1 is 1.14 bits per heavy atom. The summed E-state index contributed by atoms with van der Waals surface area (Å²) in [6.07, 6.45) is 0. The van der Waals surface area contributed by atoms with E-state index in [0.717, 1.165) is 0 Å². The molecule has 0 fully saturated rings. The maximum atomic E-state index is 0. The van der Waals surface area contributed by atoms with E-state index in [1.165, 1.54) is 0 Å². The van der Waals surface area contributed by atoms with Gasteiger partial charge < -0.3 is 5.71 Å². The maximum Gasteiger partial charge on any atom is 2.00 e. The molecule has 0 atom stereocenters. The molecule has 0 aliphatic rings. The van der Waals surface area contributed by atoms with Crippen molar-refractivity contribution < 1.29 is 74.8 Å². The molecule has 0 aliphatic heterocycles. The zero-order chi connectivity index (χ0) is 0. The third-order valence-corrected chi connectivity index (χ3v) is 0. The molecule has 7 heavy (non-hydrogen) atoms. The quantitative estimate of drug-likeness (QED) is 0.396. The van der Waals surface area contributed by atoms with Crippen LogP contribution in [-0.2, 0) is 69.1 Å². The van der Waals surface area contributed by atoms with Crippen LogP contribution >= 0.6 is 0 Å². The van der Waals surface area contributed by atoms with Crippen LogP contribution < -0.4 is 0 Å². The second kappa shape index (κ2) is 42.8. The molecule has 2 radical (unpaired) electrons. The van der Waals surface area contributed by atoms with E-state index in [1.807, 2.05) is 0 Å². The average molecular weight is 378 g/mol. The first-order chi connectivity index (χ1) is 0. The summed E-state index contributed by atoms with van der Waals surface area (Å²) in [7, 11) is 0. The Hall–Kier alpha value is 5.27. The van der Waals surface area contributed by atoms with Gasteiger partial charge in [-0.25, -0.2) is 0 Å². The van der Waals surface area contributed by atoms with Crippen LogP contribution in [0, 0.1) is 0 Å². The Labute approximate surface area is 167 Å². The molecular weight excluding hydrogens is 367 g/mol. The zero-order valence-electron chi connectivity index (χ0n) is 6.79. The first-order valence-corrected chi connectivity index (χ1v) is 0. The third-order valence-electron chi connectivity index (χ3n) is 0. The summed E-state index contributed by atoms with van der Waals surface area (Å²) >= 11 is 0. The van der Waals surface area contributed by atoms with Crippen molar-refractivity contribution in [3.05, 3.63) is 0 Å². The fraction of sp³-hybridized carbons (Fsp3) is 0. The van der Waals surface area contributed by atoms with Crippen molar-refractivity contribution in [2.75, 3.05) is 0 Å². The van der Waals surface area contributed by atoms with Crippen LogP contribution in [0.25, 0.3) is 0 Å². The molecule has 40 valence electrons. The standard InChI is InChI=1S/Al.Cu.Mg.Sc.H4Si.Sr.Zr.7H/h;;;;1H4;;;;;;;;;/q;;+2;;;+2;;;;;4*-1. The van der Waals surface area contributed by atoms with Crippen molar-refractivity contribution in [2.24, 2.45) is 0 Å². The van der Waals surface area contributed by atoms with E-state index in [4.69, 9.17) is 0 Å². The number of rotatable bonds is 0. The summed E-state index contributed by atoms with van der Waals surface area (Å²) in [4.78, 5) is 0. The zero-order valence-corrected chi connectivity index (χ0v) is 12.9. The monoisotopic (exact) mass is 376 g/mol. The Morgan fingerprint density at radius 2 is 1.14 bits per heavy atom. The normalized spacial score (nSPS) is 0. The summed E-state index contributed by atoms with van der Waals surface area (Å²) in [6, 6.07) is 0. The van der Waals surface area contributed by atoms with Crippen molar-refractivity contribution in [3.63, 3.8) is 0 Å². The van der Waals surface area contributed by atoms with Crippen molar-refractivity contribution >= 4 is 96.9 Å². The van der Waals surface area contributed by atoms with Crippen molar-refractivity contribution in [2.45, 2.75) is 0 Å². The van der Waals surface area contributed by atoms with Gasteiger partial charge in [0, 0.05) is 69.1 Å². The minimum absolute atomic E-state index is 0. The van der Waals surface area contributed by atoms with E-state index >= 15 is 0 Å². The summed E-state index contributed by atoms with van der Waals surface area (Å²) in [6.45, 7) is 0. The average Bonchev–Trinajstić information content (AvgIpc) is 0. The Morgan fingerprint density at radius 3 is 1.14 bits per heavy atom. The Balaban J connectivity index is 0. The first kappa shape index (κ1) is 56.1. The molecule has 0 saturated carbocycles. The molecule has 7 heteroatoms. The summed E-state index contributed by atoms with van der Waals surface area (Å²) in [5, 5.41) is 0. The van der Waals surface area contributed by atoms with Crippen LogP contribution in [0.5, 0.6) is 0 Å². The van der Waals surface area contributed by atoms with Gasteiger partial charge in [0.2, 0.25) is 0 Å². The molecule has 0 heterocycles. The molecule has 0 spiro atoms. The van der Waals surface area contributed by atoms with Crippen LogP contribution in [0.1, 0.15) is 5.71 Å². The van der Waals surface area contributed by atoms with Crippen LogP contribution in [0.15, 0.2) is 0 Å². The van der Waals surface area contributed by atoms with Crippen LogP contribution in [0.4, 0.5) is 0 Å². The summed E-state index contributed by atoms with van der Waals surface area (Å²) in [5.74, 6) is 0. The third kappa shape index (κ3) is 34.9. The molecule has 0 bridgehead atoms. The van der Waals surface area contributed by atoms with Gasteiger partial charge in [-0.1, -0.05) is 0 Å². The van der Waals surface area contributed by atoms with Gasteiger partial charge in [0.05, 0.1) is 0 Å². The number of hydrogen-bond donors (Lipinski definition) is 0. The van der Waals surface area contributed by atoms with E-state index in [9.17, 15) is 0 Å².